The molecule has 0 aliphatic heterocycles. The van der Waals surface area contributed by atoms with Gasteiger partial charge in [-0.15, -0.1) is 5.10 Å². The number of hydrogen-bond acceptors (Lipinski definition) is 2. The smallest absolute Gasteiger partial charge is 0.154 e. The Hall–Kier alpha value is -0.830. The minimum absolute atomic E-state index is 0.224. The standard InChI is InChI=1S/C11H7Cl3N2/c12-8-3-1-7(2-4-8)5-9-6-10(13)11(14)16-15-9/h1-4,6H,5H2. The molecule has 0 N–H and O–H groups in total. The van der Waals surface area contributed by atoms with Gasteiger partial charge in [-0.25, -0.2) is 0 Å². The highest BCUT2D eigenvalue weighted by atomic mass is 35.5. The van der Waals surface area contributed by atoms with Crippen molar-refractivity contribution >= 4 is 34.8 Å². The van der Waals surface area contributed by atoms with Crippen molar-refractivity contribution in [3.63, 3.8) is 0 Å². The van der Waals surface area contributed by atoms with Crippen LogP contribution >= 0.6 is 34.8 Å². The van der Waals surface area contributed by atoms with Crippen molar-refractivity contribution < 1.29 is 0 Å². The average molecular weight is 274 g/mol. The van der Waals surface area contributed by atoms with Crippen molar-refractivity contribution in [2.45, 2.75) is 6.42 Å². The molecule has 0 saturated heterocycles. The maximum Gasteiger partial charge on any atom is 0.170 e. The molecule has 0 amide bonds. The summed E-state index contributed by atoms with van der Waals surface area (Å²) < 4.78 is 0. The summed E-state index contributed by atoms with van der Waals surface area (Å²) in [5.74, 6) is 0. The Morgan fingerprint density at radius 3 is 2.25 bits per heavy atom. The summed E-state index contributed by atoms with van der Waals surface area (Å²) in [6, 6.07) is 9.26. The molecule has 0 unspecified atom stereocenters. The molecule has 0 saturated carbocycles. The molecular weight excluding hydrogens is 266 g/mol. The fourth-order valence-electron chi connectivity index (χ4n) is 1.29. The van der Waals surface area contributed by atoms with Crippen LogP contribution in [0.25, 0.3) is 0 Å². The third kappa shape index (κ3) is 2.85. The highest BCUT2D eigenvalue weighted by Crippen LogP contribution is 2.20. The Morgan fingerprint density at radius 2 is 1.62 bits per heavy atom. The highest BCUT2D eigenvalue weighted by molar-refractivity contribution is 6.41. The van der Waals surface area contributed by atoms with Gasteiger partial charge in [-0.05, 0) is 23.8 Å². The molecule has 2 rings (SSSR count). The summed E-state index contributed by atoms with van der Waals surface area (Å²) in [6.45, 7) is 0. The Balaban J connectivity index is 2.20. The highest BCUT2D eigenvalue weighted by Gasteiger charge is 2.03. The fourth-order valence-corrected chi connectivity index (χ4v) is 1.67. The summed E-state index contributed by atoms with van der Waals surface area (Å²) >= 11 is 17.3. The Bertz CT molecular complexity index is 497. The quantitative estimate of drug-likeness (QED) is 0.825. The van der Waals surface area contributed by atoms with Crippen molar-refractivity contribution in [3.05, 3.63) is 56.8 Å². The van der Waals surface area contributed by atoms with Gasteiger partial charge in [-0.3, -0.25) is 0 Å². The summed E-state index contributed by atoms with van der Waals surface area (Å²) in [4.78, 5) is 0. The van der Waals surface area contributed by atoms with E-state index in [2.05, 4.69) is 10.2 Å². The zero-order valence-electron chi connectivity index (χ0n) is 8.12. The third-order valence-electron chi connectivity index (χ3n) is 2.06. The van der Waals surface area contributed by atoms with Gasteiger partial charge in [0.05, 0.1) is 10.7 Å². The van der Waals surface area contributed by atoms with Crippen LogP contribution < -0.4 is 0 Å². The Morgan fingerprint density at radius 1 is 0.938 bits per heavy atom. The number of aromatic nitrogens is 2. The Labute approximate surface area is 108 Å². The van der Waals surface area contributed by atoms with Crippen LogP contribution in [-0.2, 0) is 6.42 Å². The molecule has 2 nitrogen and oxygen atoms in total. The molecule has 1 aromatic carbocycles. The molecule has 0 radical (unpaired) electrons. The molecule has 82 valence electrons. The van der Waals surface area contributed by atoms with Gasteiger partial charge in [0, 0.05) is 11.4 Å². The molecule has 0 aliphatic rings. The molecule has 1 aromatic heterocycles. The minimum atomic E-state index is 0.224. The second-order valence-electron chi connectivity index (χ2n) is 3.28. The lowest BCUT2D eigenvalue weighted by molar-refractivity contribution is 0.937. The maximum atomic E-state index is 5.85. The molecule has 5 heteroatoms. The lowest BCUT2D eigenvalue weighted by Crippen LogP contribution is -1.95. The van der Waals surface area contributed by atoms with Crippen LogP contribution in [0.2, 0.25) is 15.2 Å². The first-order valence-corrected chi connectivity index (χ1v) is 5.70. The summed E-state index contributed by atoms with van der Waals surface area (Å²) in [6.07, 6.45) is 0.654. The normalized spacial score (nSPS) is 10.4. The van der Waals surface area contributed by atoms with E-state index in [1.165, 1.54) is 0 Å². The summed E-state index contributed by atoms with van der Waals surface area (Å²) in [5.41, 5.74) is 1.87. The number of nitrogens with zero attached hydrogens (tertiary/aromatic N) is 2. The second-order valence-corrected chi connectivity index (χ2v) is 4.48. The number of halogens is 3. The Kier molecular flexibility index (Phi) is 3.64. The predicted octanol–water partition coefficient (Wildman–Crippen LogP) is 4.03. The van der Waals surface area contributed by atoms with Gasteiger partial charge in [-0.1, -0.05) is 46.9 Å². The van der Waals surface area contributed by atoms with Crippen molar-refractivity contribution in [3.8, 4) is 0 Å². The van der Waals surface area contributed by atoms with E-state index in [9.17, 15) is 0 Å². The van der Waals surface area contributed by atoms with Crippen LogP contribution in [0, 0.1) is 0 Å². The first-order valence-electron chi connectivity index (χ1n) is 4.57. The fraction of sp³-hybridized carbons (Fsp3) is 0.0909. The van der Waals surface area contributed by atoms with Crippen LogP contribution in [0.1, 0.15) is 11.3 Å². The van der Waals surface area contributed by atoms with Gasteiger partial charge in [0.15, 0.2) is 5.15 Å². The zero-order valence-corrected chi connectivity index (χ0v) is 10.4. The first kappa shape index (κ1) is 11.6. The molecule has 0 bridgehead atoms. The van der Waals surface area contributed by atoms with E-state index in [1.807, 2.05) is 24.3 Å². The van der Waals surface area contributed by atoms with Gasteiger partial charge >= 0.3 is 0 Å². The summed E-state index contributed by atoms with van der Waals surface area (Å²) in [5, 5.41) is 9.06. The average Bonchev–Trinajstić information content (AvgIpc) is 2.27. The monoisotopic (exact) mass is 272 g/mol. The molecule has 0 atom stereocenters. The molecule has 2 aromatic rings. The number of benzene rings is 1. The van der Waals surface area contributed by atoms with Gasteiger partial charge in [0.25, 0.3) is 0 Å². The van der Waals surface area contributed by atoms with Gasteiger partial charge in [-0.2, -0.15) is 5.10 Å². The van der Waals surface area contributed by atoms with Crippen molar-refractivity contribution in [2.75, 3.05) is 0 Å². The van der Waals surface area contributed by atoms with Crippen LogP contribution in [0.3, 0.4) is 0 Å². The lowest BCUT2D eigenvalue weighted by atomic mass is 10.1. The van der Waals surface area contributed by atoms with Crippen molar-refractivity contribution in [1.29, 1.82) is 0 Å². The predicted molar refractivity (Wildman–Crippen MR) is 66.3 cm³/mol. The molecule has 1 heterocycles. The third-order valence-corrected chi connectivity index (χ3v) is 2.97. The van der Waals surface area contributed by atoms with Crippen LogP contribution in [0.15, 0.2) is 30.3 Å². The van der Waals surface area contributed by atoms with E-state index in [1.54, 1.807) is 6.07 Å². The number of hydrogen-bond donors (Lipinski definition) is 0. The first-order chi connectivity index (χ1) is 7.65. The van der Waals surface area contributed by atoms with Gasteiger partial charge in [0.1, 0.15) is 0 Å². The van der Waals surface area contributed by atoms with Crippen LogP contribution in [0.4, 0.5) is 0 Å². The second kappa shape index (κ2) is 5.00. The molecular formula is C11H7Cl3N2. The molecule has 0 spiro atoms. The van der Waals surface area contributed by atoms with E-state index < -0.39 is 0 Å². The summed E-state index contributed by atoms with van der Waals surface area (Å²) in [7, 11) is 0. The van der Waals surface area contributed by atoms with Gasteiger partial charge < -0.3 is 0 Å². The zero-order chi connectivity index (χ0) is 11.5. The molecule has 0 aliphatic carbocycles. The number of rotatable bonds is 2. The largest absolute Gasteiger partial charge is 0.170 e. The van der Waals surface area contributed by atoms with Gasteiger partial charge in [0.2, 0.25) is 0 Å². The minimum Gasteiger partial charge on any atom is -0.154 e. The van der Waals surface area contributed by atoms with E-state index in [4.69, 9.17) is 34.8 Å². The van der Waals surface area contributed by atoms with E-state index in [-0.39, 0.29) is 5.15 Å². The van der Waals surface area contributed by atoms with Crippen molar-refractivity contribution in [2.24, 2.45) is 0 Å². The van der Waals surface area contributed by atoms with Crippen LogP contribution in [0.5, 0.6) is 0 Å². The van der Waals surface area contributed by atoms with Crippen LogP contribution in [-0.4, -0.2) is 10.2 Å². The lowest BCUT2D eigenvalue weighted by Gasteiger charge is -2.01. The SMILES string of the molecule is Clc1ccc(Cc2cc(Cl)c(Cl)nn2)cc1. The molecule has 16 heavy (non-hydrogen) atoms. The van der Waals surface area contributed by atoms with E-state index in [0.29, 0.717) is 16.5 Å². The van der Waals surface area contributed by atoms with Crippen molar-refractivity contribution in [1.82, 2.24) is 10.2 Å². The topological polar surface area (TPSA) is 25.8 Å². The van der Waals surface area contributed by atoms with E-state index >= 15 is 0 Å². The molecule has 0 fully saturated rings. The maximum absolute atomic E-state index is 5.85. The van der Waals surface area contributed by atoms with E-state index in [0.717, 1.165) is 11.3 Å².